The Hall–Kier alpha value is -1.58. The van der Waals surface area contributed by atoms with Crippen molar-refractivity contribution >= 4 is 29.1 Å². The molecule has 1 atom stereocenters. The summed E-state index contributed by atoms with van der Waals surface area (Å²) in [6, 6.07) is 10.2. The molecule has 1 aromatic heterocycles. The molecule has 1 amide bonds. The average molecular weight is 403 g/mol. The SMILES string of the molecule is O=C1C(Cc2ccc(-c3cccnc3Cl)cc2Cl)CCN1C1CCCCC1. The molecular weight excluding hydrogens is 379 g/mol. The maximum atomic E-state index is 12.9. The Morgan fingerprint density at radius 1 is 1.07 bits per heavy atom. The molecule has 1 aliphatic heterocycles. The van der Waals surface area contributed by atoms with Crippen LogP contribution in [-0.2, 0) is 11.2 Å². The van der Waals surface area contributed by atoms with E-state index in [0.717, 1.165) is 29.7 Å². The first-order valence-corrected chi connectivity index (χ1v) is 10.6. The van der Waals surface area contributed by atoms with Gasteiger partial charge >= 0.3 is 0 Å². The Morgan fingerprint density at radius 2 is 1.89 bits per heavy atom. The maximum Gasteiger partial charge on any atom is 0.226 e. The maximum absolute atomic E-state index is 12.9. The van der Waals surface area contributed by atoms with Crippen LogP contribution in [0.15, 0.2) is 36.5 Å². The lowest BCUT2D eigenvalue weighted by Crippen LogP contribution is -2.39. The van der Waals surface area contributed by atoms with E-state index in [1.165, 1.54) is 32.1 Å². The van der Waals surface area contributed by atoms with Crippen molar-refractivity contribution < 1.29 is 4.79 Å². The number of hydrogen-bond acceptors (Lipinski definition) is 2. The van der Waals surface area contributed by atoms with E-state index in [4.69, 9.17) is 23.2 Å². The fourth-order valence-corrected chi connectivity index (χ4v) is 4.94. The number of hydrogen-bond donors (Lipinski definition) is 0. The molecule has 1 saturated heterocycles. The number of aromatic nitrogens is 1. The third-order valence-corrected chi connectivity index (χ3v) is 6.61. The van der Waals surface area contributed by atoms with Gasteiger partial charge in [0.15, 0.2) is 0 Å². The van der Waals surface area contributed by atoms with Gasteiger partial charge in [0.05, 0.1) is 0 Å². The predicted molar refractivity (Wildman–Crippen MR) is 110 cm³/mol. The summed E-state index contributed by atoms with van der Waals surface area (Å²) >= 11 is 12.7. The molecule has 1 aromatic carbocycles. The lowest BCUT2D eigenvalue weighted by Gasteiger charge is -2.31. The van der Waals surface area contributed by atoms with Crippen LogP contribution < -0.4 is 0 Å². The fraction of sp³-hybridized carbons (Fsp3) is 0.455. The van der Waals surface area contributed by atoms with E-state index in [2.05, 4.69) is 9.88 Å². The number of carbonyl (C=O) groups excluding carboxylic acids is 1. The minimum Gasteiger partial charge on any atom is -0.339 e. The molecule has 2 aromatic rings. The van der Waals surface area contributed by atoms with Crippen LogP contribution in [0.25, 0.3) is 11.1 Å². The molecular formula is C22H24Cl2N2O. The Kier molecular flexibility index (Phi) is 5.70. The first-order valence-electron chi connectivity index (χ1n) is 9.83. The highest BCUT2D eigenvalue weighted by Crippen LogP contribution is 2.34. The standard InChI is InChI=1S/C22H24Cl2N2O/c23-20-14-15(19-7-4-11-25-21(19)24)8-9-16(20)13-17-10-12-26(22(17)27)18-5-2-1-3-6-18/h4,7-9,11,14,17-18H,1-3,5-6,10,12-13H2. The summed E-state index contributed by atoms with van der Waals surface area (Å²) in [5.74, 6) is 0.370. The Balaban J connectivity index is 1.47. The summed E-state index contributed by atoms with van der Waals surface area (Å²) in [4.78, 5) is 19.2. The minimum absolute atomic E-state index is 0.0530. The number of nitrogens with zero attached hydrogens (tertiary/aromatic N) is 2. The summed E-state index contributed by atoms with van der Waals surface area (Å²) < 4.78 is 0. The second kappa shape index (κ2) is 8.20. The first-order chi connectivity index (χ1) is 13.1. The molecule has 142 valence electrons. The lowest BCUT2D eigenvalue weighted by atomic mass is 9.93. The second-order valence-electron chi connectivity index (χ2n) is 7.66. The number of amides is 1. The molecule has 3 nitrogen and oxygen atoms in total. The molecule has 0 bridgehead atoms. The summed E-state index contributed by atoms with van der Waals surface area (Å²) in [5, 5.41) is 1.16. The Labute approximate surface area is 170 Å². The van der Waals surface area contributed by atoms with Crippen LogP contribution in [0.3, 0.4) is 0 Å². The third-order valence-electron chi connectivity index (χ3n) is 5.96. The largest absolute Gasteiger partial charge is 0.339 e. The van der Waals surface area contributed by atoms with Crippen molar-refractivity contribution in [3.8, 4) is 11.1 Å². The molecule has 2 aliphatic rings. The molecule has 27 heavy (non-hydrogen) atoms. The van der Waals surface area contributed by atoms with Gasteiger partial charge in [-0.1, -0.05) is 54.6 Å². The van der Waals surface area contributed by atoms with Crippen molar-refractivity contribution in [2.45, 2.75) is 51.0 Å². The molecule has 1 unspecified atom stereocenters. The van der Waals surface area contributed by atoms with Gasteiger partial charge < -0.3 is 4.90 Å². The van der Waals surface area contributed by atoms with E-state index in [-0.39, 0.29) is 5.92 Å². The monoisotopic (exact) mass is 402 g/mol. The third kappa shape index (κ3) is 4.00. The molecule has 2 fully saturated rings. The molecule has 0 spiro atoms. The van der Waals surface area contributed by atoms with Gasteiger partial charge in [-0.2, -0.15) is 0 Å². The van der Waals surface area contributed by atoms with Gasteiger partial charge in [-0.25, -0.2) is 4.98 Å². The number of pyridine rings is 1. The van der Waals surface area contributed by atoms with E-state index in [9.17, 15) is 4.79 Å². The van der Waals surface area contributed by atoms with Crippen LogP contribution in [0, 0.1) is 5.92 Å². The number of likely N-dealkylation sites (tertiary alicyclic amines) is 1. The van der Waals surface area contributed by atoms with Crippen LogP contribution >= 0.6 is 23.2 Å². The molecule has 1 saturated carbocycles. The highest BCUT2D eigenvalue weighted by molar-refractivity contribution is 6.33. The van der Waals surface area contributed by atoms with Crippen LogP contribution in [0.2, 0.25) is 10.2 Å². The summed E-state index contributed by atoms with van der Waals surface area (Å²) in [6.45, 7) is 0.898. The molecule has 0 N–H and O–H groups in total. The van der Waals surface area contributed by atoms with Gasteiger partial charge in [0, 0.05) is 35.3 Å². The summed E-state index contributed by atoms with van der Waals surface area (Å²) in [5.41, 5.74) is 2.85. The molecule has 0 radical (unpaired) electrons. The molecule has 1 aliphatic carbocycles. The topological polar surface area (TPSA) is 33.2 Å². The van der Waals surface area contributed by atoms with E-state index < -0.39 is 0 Å². The quantitative estimate of drug-likeness (QED) is 0.607. The fourth-order valence-electron chi connectivity index (χ4n) is 4.45. The smallest absolute Gasteiger partial charge is 0.226 e. The lowest BCUT2D eigenvalue weighted by molar-refractivity contribution is -0.133. The predicted octanol–water partition coefficient (Wildman–Crippen LogP) is 5.78. The van der Waals surface area contributed by atoms with Crippen molar-refractivity contribution in [2.24, 2.45) is 5.92 Å². The van der Waals surface area contributed by atoms with E-state index in [1.54, 1.807) is 6.20 Å². The van der Waals surface area contributed by atoms with Crippen molar-refractivity contribution in [3.63, 3.8) is 0 Å². The van der Waals surface area contributed by atoms with Gasteiger partial charge in [-0.05, 0) is 55.0 Å². The van der Waals surface area contributed by atoms with Crippen LogP contribution in [0.1, 0.15) is 44.1 Å². The number of benzene rings is 1. The normalized spacial score (nSPS) is 21.0. The van der Waals surface area contributed by atoms with Gasteiger partial charge in [0.25, 0.3) is 0 Å². The van der Waals surface area contributed by atoms with Gasteiger partial charge in [-0.15, -0.1) is 0 Å². The second-order valence-corrected chi connectivity index (χ2v) is 8.43. The number of halogens is 2. The van der Waals surface area contributed by atoms with Crippen molar-refractivity contribution in [2.75, 3.05) is 6.54 Å². The zero-order valence-electron chi connectivity index (χ0n) is 15.3. The highest BCUT2D eigenvalue weighted by Gasteiger charge is 2.36. The van der Waals surface area contributed by atoms with Crippen LogP contribution in [-0.4, -0.2) is 28.4 Å². The van der Waals surface area contributed by atoms with Crippen LogP contribution in [0.5, 0.6) is 0 Å². The van der Waals surface area contributed by atoms with Crippen molar-refractivity contribution in [3.05, 3.63) is 52.3 Å². The zero-order valence-corrected chi connectivity index (χ0v) is 16.8. The van der Waals surface area contributed by atoms with Gasteiger partial charge in [0.2, 0.25) is 5.91 Å². The average Bonchev–Trinajstić information content (AvgIpc) is 3.05. The molecule has 2 heterocycles. The molecule has 5 heteroatoms. The van der Waals surface area contributed by atoms with Crippen LogP contribution in [0.4, 0.5) is 0 Å². The summed E-state index contributed by atoms with van der Waals surface area (Å²) in [6.07, 6.45) is 9.46. The van der Waals surface area contributed by atoms with E-state index in [1.807, 2.05) is 30.3 Å². The van der Waals surface area contributed by atoms with Crippen molar-refractivity contribution in [1.29, 1.82) is 0 Å². The number of carbonyl (C=O) groups is 1. The van der Waals surface area contributed by atoms with Gasteiger partial charge in [0.1, 0.15) is 5.15 Å². The Bertz CT molecular complexity index is 833. The first kappa shape index (κ1) is 18.8. The highest BCUT2D eigenvalue weighted by atomic mass is 35.5. The van der Waals surface area contributed by atoms with E-state index in [0.29, 0.717) is 28.5 Å². The Morgan fingerprint density at radius 3 is 2.63 bits per heavy atom. The van der Waals surface area contributed by atoms with Gasteiger partial charge in [-0.3, -0.25) is 4.79 Å². The molecule has 4 rings (SSSR count). The van der Waals surface area contributed by atoms with E-state index >= 15 is 0 Å². The minimum atomic E-state index is 0.0530. The van der Waals surface area contributed by atoms with Crippen molar-refractivity contribution in [1.82, 2.24) is 9.88 Å². The zero-order chi connectivity index (χ0) is 18.8. The summed E-state index contributed by atoms with van der Waals surface area (Å²) in [7, 11) is 0. The number of rotatable bonds is 4.